The van der Waals surface area contributed by atoms with Crippen LogP contribution in [-0.4, -0.2) is 72.0 Å². The lowest BCUT2D eigenvalue weighted by molar-refractivity contribution is -0.151. The first-order valence-electron chi connectivity index (χ1n) is 11.1. The first-order chi connectivity index (χ1) is 16.0. The van der Waals surface area contributed by atoms with Gasteiger partial charge in [-0.15, -0.1) is 10.2 Å². The van der Waals surface area contributed by atoms with Crippen molar-refractivity contribution >= 4 is 11.9 Å². The van der Waals surface area contributed by atoms with Crippen LogP contribution in [-0.2, 0) is 25.5 Å². The topological polar surface area (TPSA) is 124 Å². The number of amides is 1. The minimum Gasteiger partial charge on any atom is -0.491 e. The molecule has 0 saturated carbocycles. The normalized spacial score (nSPS) is 14.2. The summed E-state index contributed by atoms with van der Waals surface area (Å²) >= 11 is 0. The van der Waals surface area contributed by atoms with Crippen molar-refractivity contribution in [2.24, 2.45) is 5.92 Å². The van der Waals surface area contributed by atoms with Crippen molar-refractivity contribution < 1.29 is 23.8 Å². The average Bonchev–Trinajstić information content (AvgIpc) is 2.83. The molecule has 0 unspecified atom stereocenters. The number of piperidine rings is 1. The van der Waals surface area contributed by atoms with Crippen molar-refractivity contribution in [3.8, 4) is 17.1 Å². The molecule has 1 amide bonds. The van der Waals surface area contributed by atoms with Gasteiger partial charge in [0.2, 0.25) is 5.91 Å². The molecular weight excluding hydrogens is 428 g/mol. The Bertz CT molecular complexity index is 1000. The number of aromatic nitrogens is 3. The highest BCUT2D eigenvalue weighted by atomic mass is 16.5. The number of nitrogens with one attached hydrogen (secondary N) is 1. The Morgan fingerprint density at radius 3 is 2.67 bits per heavy atom. The predicted molar refractivity (Wildman–Crippen MR) is 120 cm³/mol. The Kier molecular flexibility index (Phi) is 8.94. The lowest BCUT2D eigenvalue weighted by atomic mass is 9.96. The molecule has 1 N–H and O–H groups in total. The number of likely N-dealkylation sites (tertiary alicyclic amines) is 1. The third kappa shape index (κ3) is 6.85. The molecule has 1 aliphatic heterocycles. The fraction of sp³-hybridized carbons (Fsp3) is 0.522. The summed E-state index contributed by atoms with van der Waals surface area (Å²) in [5.41, 5.74) is 0.502. The Morgan fingerprint density at radius 1 is 1.18 bits per heavy atom. The van der Waals surface area contributed by atoms with Crippen LogP contribution in [0.5, 0.6) is 5.75 Å². The lowest BCUT2D eigenvalue weighted by Gasteiger charge is -2.30. The summed E-state index contributed by atoms with van der Waals surface area (Å²) in [6.07, 6.45) is 1.53. The monoisotopic (exact) mass is 458 g/mol. The zero-order valence-electron chi connectivity index (χ0n) is 19.0. The van der Waals surface area contributed by atoms with E-state index in [1.165, 1.54) is 0 Å². The second-order valence-corrected chi connectivity index (χ2v) is 7.73. The fourth-order valence-electron chi connectivity index (χ4n) is 3.64. The molecule has 178 valence electrons. The molecule has 10 nitrogen and oxygen atoms in total. The summed E-state index contributed by atoms with van der Waals surface area (Å²) in [5.74, 6) is 0.545. The average molecular weight is 459 g/mol. The van der Waals surface area contributed by atoms with Crippen LogP contribution in [0.3, 0.4) is 0 Å². The Balaban J connectivity index is 1.54. The van der Waals surface area contributed by atoms with E-state index in [1.54, 1.807) is 43.2 Å². The quantitative estimate of drug-likeness (QED) is 0.421. The number of aromatic amines is 1. The maximum Gasteiger partial charge on any atom is 0.309 e. The summed E-state index contributed by atoms with van der Waals surface area (Å²) < 4.78 is 15.6. The van der Waals surface area contributed by atoms with Gasteiger partial charge in [-0.2, -0.15) is 0 Å². The van der Waals surface area contributed by atoms with Gasteiger partial charge in [0.25, 0.3) is 5.56 Å². The van der Waals surface area contributed by atoms with Crippen LogP contribution in [0.1, 0.15) is 31.9 Å². The molecule has 33 heavy (non-hydrogen) atoms. The summed E-state index contributed by atoms with van der Waals surface area (Å²) in [6, 6.07) is 7.17. The Morgan fingerprint density at radius 2 is 1.97 bits per heavy atom. The first kappa shape index (κ1) is 24.4. The van der Waals surface area contributed by atoms with Crippen molar-refractivity contribution in [3.63, 3.8) is 0 Å². The predicted octanol–water partition coefficient (Wildman–Crippen LogP) is 1.59. The number of H-pyrrole nitrogens is 1. The van der Waals surface area contributed by atoms with Crippen LogP contribution >= 0.6 is 0 Å². The Labute approximate surface area is 192 Å². The van der Waals surface area contributed by atoms with Gasteiger partial charge in [0.15, 0.2) is 5.82 Å². The van der Waals surface area contributed by atoms with Crippen LogP contribution in [0.25, 0.3) is 11.4 Å². The van der Waals surface area contributed by atoms with Gasteiger partial charge in [-0.3, -0.25) is 14.4 Å². The SMILES string of the molecule is CCOC(=O)C1CCN(C(=O)CCc2nnc(-c3cccc(OCCOC)c3)[nH]c2=O)CC1. The molecule has 0 aliphatic carbocycles. The van der Waals surface area contributed by atoms with Crippen molar-refractivity contribution in [1.82, 2.24) is 20.1 Å². The zero-order chi connectivity index (χ0) is 23.6. The van der Waals surface area contributed by atoms with Crippen LogP contribution in [0.4, 0.5) is 0 Å². The van der Waals surface area contributed by atoms with E-state index in [2.05, 4.69) is 15.2 Å². The van der Waals surface area contributed by atoms with Gasteiger partial charge >= 0.3 is 5.97 Å². The zero-order valence-corrected chi connectivity index (χ0v) is 19.0. The maximum absolute atomic E-state index is 12.5. The summed E-state index contributed by atoms with van der Waals surface area (Å²) in [7, 11) is 1.60. The number of rotatable bonds is 10. The number of esters is 1. The van der Waals surface area contributed by atoms with Crippen molar-refractivity contribution in [3.05, 3.63) is 40.3 Å². The number of benzene rings is 1. The minimum absolute atomic E-state index is 0.0662. The van der Waals surface area contributed by atoms with Gasteiger partial charge in [-0.25, -0.2) is 0 Å². The van der Waals surface area contributed by atoms with E-state index >= 15 is 0 Å². The highest BCUT2D eigenvalue weighted by molar-refractivity contribution is 5.77. The smallest absolute Gasteiger partial charge is 0.309 e. The van der Waals surface area contributed by atoms with Gasteiger partial charge in [-0.1, -0.05) is 12.1 Å². The highest BCUT2D eigenvalue weighted by Gasteiger charge is 2.28. The van der Waals surface area contributed by atoms with Crippen molar-refractivity contribution in [2.75, 3.05) is 40.0 Å². The van der Waals surface area contributed by atoms with Gasteiger partial charge in [0.05, 0.1) is 19.1 Å². The highest BCUT2D eigenvalue weighted by Crippen LogP contribution is 2.21. The van der Waals surface area contributed by atoms with Gasteiger partial charge in [0, 0.05) is 38.6 Å². The molecule has 10 heteroatoms. The number of carbonyl (C=O) groups excluding carboxylic acids is 2. The summed E-state index contributed by atoms with van der Waals surface area (Å²) in [5, 5.41) is 8.17. The van der Waals surface area contributed by atoms with Gasteiger partial charge < -0.3 is 24.1 Å². The second-order valence-electron chi connectivity index (χ2n) is 7.73. The van der Waals surface area contributed by atoms with Gasteiger partial charge in [0.1, 0.15) is 18.1 Å². The molecule has 2 heterocycles. The molecule has 0 bridgehead atoms. The van der Waals surface area contributed by atoms with Crippen LogP contribution < -0.4 is 10.3 Å². The largest absolute Gasteiger partial charge is 0.491 e. The number of hydrogen-bond donors (Lipinski definition) is 1. The molecule has 1 aromatic heterocycles. The molecule has 1 aliphatic rings. The van der Waals surface area contributed by atoms with E-state index in [1.807, 2.05) is 0 Å². The first-order valence-corrected chi connectivity index (χ1v) is 11.1. The standard InChI is InChI=1S/C23H30N4O6/c1-3-32-23(30)16-9-11-27(12-10-16)20(28)8-7-19-22(29)24-21(26-25-19)17-5-4-6-18(15-17)33-14-13-31-2/h4-6,15-16H,3,7-14H2,1-2H3,(H,24,26,29). The number of aryl methyl sites for hydroxylation is 1. The molecule has 3 rings (SSSR count). The molecule has 1 fully saturated rings. The summed E-state index contributed by atoms with van der Waals surface area (Å²) in [4.78, 5) is 41.3. The second kappa shape index (κ2) is 12.1. The molecule has 2 aromatic rings. The van der Waals surface area contributed by atoms with Crippen LogP contribution in [0.15, 0.2) is 29.1 Å². The number of carbonyl (C=O) groups is 2. The molecule has 0 atom stereocenters. The lowest BCUT2D eigenvalue weighted by Crippen LogP contribution is -2.40. The van der Waals surface area contributed by atoms with E-state index in [0.29, 0.717) is 62.9 Å². The van der Waals surface area contributed by atoms with Gasteiger partial charge in [-0.05, 0) is 31.9 Å². The van der Waals surface area contributed by atoms with Crippen LogP contribution in [0, 0.1) is 5.92 Å². The number of methoxy groups -OCH3 is 1. The van der Waals surface area contributed by atoms with E-state index in [9.17, 15) is 14.4 Å². The number of hydrogen-bond acceptors (Lipinski definition) is 8. The third-order valence-electron chi connectivity index (χ3n) is 5.47. The van der Waals surface area contributed by atoms with Crippen molar-refractivity contribution in [1.29, 1.82) is 0 Å². The Hall–Kier alpha value is -3.27. The number of ether oxygens (including phenoxy) is 3. The fourth-order valence-corrected chi connectivity index (χ4v) is 3.64. The molecule has 0 spiro atoms. The molecule has 1 aromatic carbocycles. The minimum atomic E-state index is -0.375. The summed E-state index contributed by atoms with van der Waals surface area (Å²) in [6.45, 7) is 4.04. The van der Waals surface area contributed by atoms with E-state index in [4.69, 9.17) is 14.2 Å². The maximum atomic E-state index is 12.5. The van der Waals surface area contributed by atoms with Crippen LogP contribution in [0.2, 0.25) is 0 Å². The van der Waals surface area contributed by atoms with E-state index in [-0.39, 0.29) is 41.9 Å². The van der Waals surface area contributed by atoms with E-state index in [0.717, 1.165) is 0 Å². The van der Waals surface area contributed by atoms with Crippen molar-refractivity contribution in [2.45, 2.75) is 32.6 Å². The van der Waals surface area contributed by atoms with E-state index < -0.39 is 0 Å². The molecule has 1 saturated heterocycles. The molecular formula is C23H30N4O6. The number of nitrogens with zero attached hydrogens (tertiary/aromatic N) is 3. The molecule has 0 radical (unpaired) electrons. The third-order valence-corrected chi connectivity index (χ3v) is 5.47.